The van der Waals surface area contributed by atoms with E-state index in [-0.39, 0.29) is 11.5 Å². The van der Waals surface area contributed by atoms with Crippen molar-refractivity contribution in [2.24, 2.45) is 0 Å². The molecule has 0 amide bonds. The second-order valence-corrected chi connectivity index (χ2v) is 7.85. The topological polar surface area (TPSA) is 138 Å². The molecule has 10 nitrogen and oxygen atoms in total. The van der Waals surface area contributed by atoms with Crippen LogP contribution in [-0.4, -0.2) is 45.6 Å². The van der Waals surface area contributed by atoms with Crippen molar-refractivity contribution in [2.45, 2.75) is 26.2 Å². The molecule has 0 aliphatic heterocycles. The van der Waals surface area contributed by atoms with Gasteiger partial charge in [0.1, 0.15) is 6.33 Å². The highest BCUT2D eigenvalue weighted by molar-refractivity contribution is 5.79. The van der Waals surface area contributed by atoms with E-state index in [0.717, 1.165) is 28.2 Å². The van der Waals surface area contributed by atoms with Crippen molar-refractivity contribution >= 4 is 5.91 Å². The highest BCUT2D eigenvalue weighted by atomic mass is 16.2. The maximum atomic E-state index is 12.6. The Morgan fingerprint density at radius 1 is 1.09 bits per heavy atom. The molecule has 5 rings (SSSR count). The number of carbonyl (C=O) groups excluding carboxylic acids is 1. The monoisotopic (exact) mass is 454 g/mol. The van der Waals surface area contributed by atoms with Crippen molar-refractivity contribution in [1.82, 2.24) is 39.7 Å². The summed E-state index contributed by atoms with van der Waals surface area (Å²) in [5, 5.41) is 5.26. The third-order valence-corrected chi connectivity index (χ3v) is 5.72. The number of pyridine rings is 1. The Labute approximate surface area is 194 Å². The van der Waals surface area contributed by atoms with Gasteiger partial charge >= 0.3 is 0 Å². The molecule has 3 N–H and O–H groups in total. The van der Waals surface area contributed by atoms with Crippen molar-refractivity contribution in [2.75, 3.05) is 0 Å². The summed E-state index contributed by atoms with van der Waals surface area (Å²) in [6.07, 6.45) is 12.5. The second kappa shape index (κ2) is 9.10. The minimum absolute atomic E-state index is 0.0329. The highest BCUT2D eigenvalue weighted by Crippen LogP contribution is 2.32. The molecule has 5 aromatic heterocycles. The van der Waals surface area contributed by atoms with E-state index in [2.05, 4.69) is 35.1 Å². The second-order valence-electron chi connectivity index (χ2n) is 7.85. The van der Waals surface area contributed by atoms with Crippen molar-refractivity contribution in [3.8, 4) is 22.5 Å². The normalized spacial score (nSPS) is 11.1. The molecule has 0 saturated carbocycles. The Morgan fingerprint density at radius 2 is 1.97 bits per heavy atom. The first kappa shape index (κ1) is 21.3. The van der Waals surface area contributed by atoms with Gasteiger partial charge in [-0.05, 0) is 31.0 Å². The summed E-state index contributed by atoms with van der Waals surface area (Å²) in [5.41, 5.74) is 5.96. The maximum absolute atomic E-state index is 12.6. The van der Waals surface area contributed by atoms with E-state index in [1.54, 1.807) is 37.2 Å². The number of hydrogen-bond donors (Lipinski definition) is 3. The Bertz CT molecular complexity index is 1480. The molecule has 0 aliphatic carbocycles. The van der Waals surface area contributed by atoms with E-state index in [4.69, 9.17) is 0 Å². The first-order chi connectivity index (χ1) is 16.6. The van der Waals surface area contributed by atoms with E-state index >= 15 is 0 Å². The molecule has 0 atom stereocenters. The van der Waals surface area contributed by atoms with Crippen LogP contribution in [0, 0.1) is 6.92 Å². The van der Waals surface area contributed by atoms with Crippen LogP contribution in [0.3, 0.4) is 0 Å². The maximum Gasteiger partial charge on any atom is 0.273 e. The number of H-pyrrole nitrogens is 3. The van der Waals surface area contributed by atoms with Crippen LogP contribution in [0.25, 0.3) is 22.5 Å². The third kappa shape index (κ3) is 4.08. The van der Waals surface area contributed by atoms with Crippen LogP contribution in [0.4, 0.5) is 0 Å². The Balaban J connectivity index is 1.54. The number of carbonyl (C=O) groups is 1. The number of nitrogens with one attached hydrogen (secondary N) is 3. The van der Waals surface area contributed by atoms with Gasteiger partial charge in [-0.1, -0.05) is 6.07 Å². The molecule has 34 heavy (non-hydrogen) atoms. The van der Waals surface area contributed by atoms with Crippen LogP contribution in [0.1, 0.15) is 33.9 Å². The summed E-state index contributed by atoms with van der Waals surface area (Å²) >= 11 is 0. The van der Waals surface area contributed by atoms with Gasteiger partial charge in [-0.3, -0.25) is 34.2 Å². The molecule has 0 aromatic carbocycles. The molecule has 5 aromatic rings. The summed E-state index contributed by atoms with van der Waals surface area (Å²) in [7, 11) is 0. The number of hydrogen-bond acceptors (Lipinski definition) is 6. The minimum atomic E-state index is -0.256. The number of aryl methyl sites for hydroxylation is 1. The summed E-state index contributed by atoms with van der Waals surface area (Å²) in [4.78, 5) is 45.7. The number of aromatic amines is 3. The Hall–Kier alpha value is -4.60. The molecule has 0 bridgehead atoms. The molecule has 0 unspecified atom stereocenters. The van der Waals surface area contributed by atoms with Crippen molar-refractivity contribution < 1.29 is 4.79 Å². The number of nitrogens with zero attached hydrogens (tertiary/aromatic N) is 5. The molecule has 0 saturated heterocycles. The standard InChI is InChI=1S/C24H22N8O2/c1-15-16(5-6-21(33)32-11-10-25-14-32)22(18-4-2-3-7-26-18)19(30-15)12-20-23(28-9-8-27-20)17-13-29-31-24(17)34/h2-4,7-11,13-14,30H,5-6,12H2,1H3,(H2,29,31,34). The van der Waals surface area contributed by atoms with Gasteiger partial charge in [-0.25, -0.2) is 4.98 Å². The van der Waals surface area contributed by atoms with Crippen LogP contribution >= 0.6 is 0 Å². The van der Waals surface area contributed by atoms with Gasteiger partial charge in [0.15, 0.2) is 0 Å². The van der Waals surface area contributed by atoms with Crippen molar-refractivity contribution in [1.29, 1.82) is 0 Å². The molecule has 10 heteroatoms. The fourth-order valence-corrected chi connectivity index (χ4v) is 4.14. The predicted molar refractivity (Wildman–Crippen MR) is 125 cm³/mol. The molecular weight excluding hydrogens is 432 g/mol. The minimum Gasteiger partial charge on any atom is -0.361 e. The molecule has 5 heterocycles. The van der Waals surface area contributed by atoms with E-state index < -0.39 is 0 Å². The summed E-state index contributed by atoms with van der Waals surface area (Å²) in [5.74, 6) is -0.0329. The molecule has 0 radical (unpaired) electrons. The van der Waals surface area contributed by atoms with E-state index in [0.29, 0.717) is 36.2 Å². The van der Waals surface area contributed by atoms with Gasteiger partial charge in [-0.2, -0.15) is 0 Å². The first-order valence-electron chi connectivity index (χ1n) is 10.8. The fraction of sp³-hybridized carbons (Fsp3) is 0.167. The average molecular weight is 454 g/mol. The molecule has 0 fully saturated rings. The van der Waals surface area contributed by atoms with Gasteiger partial charge in [-0.15, -0.1) is 0 Å². The van der Waals surface area contributed by atoms with Crippen LogP contribution < -0.4 is 5.56 Å². The first-order valence-corrected chi connectivity index (χ1v) is 10.8. The molecule has 170 valence electrons. The lowest BCUT2D eigenvalue weighted by Crippen LogP contribution is -2.09. The zero-order chi connectivity index (χ0) is 23.5. The van der Waals surface area contributed by atoms with Gasteiger partial charge in [0.25, 0.3) is 5.56 Å². The number of imidazole rings is 1. The lowest BCUT2D eigenvalue weighted by Gasteiger charge is -2.09. The lowest BCUT2D eigenvalue weighted by atomic mass is 9.98. The van der Waals surface area contributed by atoms with E-state index in [1.807, 2.05) is 25.1 Å². The zero-order valence-electron chi connectivity index (χ0n) is 18.4. The molecule has 0 spiro atoms. The van der Waals surface area contributed by atoms with Crippen LogP contribution in [0.5, 0.6) is 0 Å². The number of rotatable bonds is 7. The molecular formula is C24H22N8O2. The lowest BCUT2D eigenvalue weighted by molar-refractivity contribution is 0.0903. The van der Waals surface area contributed by atoms with Gasteiger partial charge < -0.3 is 10.1 Å². The Kier molecular flexibility index (Phi) is 5.69. The third-order valence-electron chi connectivity index (χ3n) is 5.72. The fourth-order valence-electron chi connectivity index (χ4n) is 4.14. The Morgan fingerprint density at radius 3 is 2.71 bits per heavy atom. The van der Waals surface area contributed by atoms with E-state index in [9.17, 15) is 9.59 Å². The zero-order valence-corrected chi connectivity index (χ0v) is 18.4. The highest BCUT2D eigenvalue weighted by Gasteiger charge is 2.21. The predicted octanol–water partition coefficient (Wildman–Crippen LogP) is 2.92. The van der Waals surface area contributed by atoms with Gasteiger partial charge in [0.05, 0.1) is 22.6 Å². The summed E-state index contributed by atoms with van der Waals surface area (Å²) < 4.78 is 1.49. The molecule has 0 aliphatic rings. The summed E-state index contributed by atoms with van der Waals surface area (Å²) in [6, 6.07) is 5.74. The van der Waals surface area contributed by atoms with Crippen LogP contribution in [-0.2, 0) is 12.8 Å². The average Bonchev–Trinajstić information content (AvgIpc) is 3.60. The quantitative estimate of drug-likeness (QED) is 0.346. The van der Waals surface area contributed by atoms with Gasteiger partial charge in [0.2, 0.25) is 5.91 Å². The van der Waals surface area contributed by atoms with Crippen LogP contribution in [0.15, 0.2) is 66.5 Å². The number of aromatic nitrogens is 8. The van der Waals surface area contributed by atoms with Crippen LogP contribution in [0.2, 0.25) is 0 Å². The van der Waals surface area contributed by atoms with E-state index in [1.165, 1.54) is 10.9 Å². The van der Waals surface area contributed by atoms with Crippen molar-refractivity contribution in [3.63, 3.8) is 0 Å². The van der Waals surface area contributed by atoms with Crippen molar-refractivity contribution in [3.05, 3.63) is 94.7 Å². The smallest absolute Gasteiger partial charge is 0.273 e. The van der Waals surface area contributed by atoms with Gasteiger partial charge in [0, 0.05) is 67.0 Å². The largest absolute Gasteiger partial charge is 0.361 e. The summed E-state index contributed by atoms with van der Waals surface area (Å²) in [6.45, 7) is 1.99. The SMILES string of the molecule is Cc1[nH]c(Cc2nccnc2-c2c[nH][nH]c2=O)c(-c2ccccn2)c1CCC(=O)n1ccnc1.